The molecule has 3 heterocycles. The molecule has 1 aliphatic heterocycles. The Morgan fingerprint density at radius 3 is 2.60 bits per heavy atom. The number of hydrogen-bond acceptors (Lipinski definition) is 8. The standard InChI is InChI=1S/C31H26N4O5/c1-19-25(7-5-14-33-19)30(36)34-15-4-6-24-20(2)35-31(40-23-12-13-27-28(16-23)39-18-38-27)26(17-32)29(24)21-8-10-22(37-3)11-9-21/h4-14,16H,15,18H2,1-3H3,(H,34,36). The van der Waals surface area contributed by atoms with Crippen molar-refractivity contribution < 1.29 is 23.7 Å². The van der Waals surface area contributed by atoms with Gasteiger partial charge in [-0.05, 0) is 55.8 Å². The summed E-state index contributed by atoms with van der Waals surface area (Å²) in [6, 6.07) is 18.3. The van der Waals surface area contributed by atoms with Crippen molar-refractivity contribution in [3.8, 4) is 46.1 Å². The quantitative estimate of drug-likeness (QED) is 0.310. The number of fused-ring (bicyclic) bond motifs is 1. The normalized spacial score (nSPS) is 11.8. The van der Waals surface area contributed by atoms with Crippen LogP contribution in [0.4, 0.5) is 0 Å². The van der Waals surface area contributed by atoms with Crippen LogP contribution >= 0.6 is 0 Å². The Morgan fingerprint density at radius 1 is 1.07 bits per heavy atom. The minimum atomic E-state index is -0.217. The number of benzene rings is 2. The molecule has 2 aromatic carbocycles. The fraction of sp³-hybridized carbons (Fsp3) is 0.161. The molecule has 0 atom stereocenters. The number of ether oxygens (including phenoxy) is 4. The number of methoxy groups -OCH3 is 1. The maximum atomic E-state index is 12.6. The Kier molecular flexibility index (Phi) is 7.60. The van der Waals surface area contributed by atoms with E-state index in [1.807, 2.05) is 43.3 Å². The van der Waals surface area contributed by atoms with Crippen molar-refractivity contribution in [3.05, 3.63) is 94.9 Å². The van der Waals surface area contributed by atoms with Crippen LogP contribution in [0.25, 0.3) is 17.2 Å². The first kappa shape index (κ1) is 26.3. The van der Waals surface area contributed by atoms with Gasteiger partial charge in [0.15, 0.2) is 11.5 Å². The Labute approximate surface area is 231 Å². The summed E-state index contributed by atoms with van der Waals surface area (Å²) in [6.07, 6.45) is 5.32. The van der Waals surface area contributed by atoms with E-state index in [4.69, 9.17) is 18.9 Å². The van der Waals surface area contributed by atoms with E-state index in [-0.39, 0.29) is 30.7 Å². The minimum Gasteiger partial charge on any atom is -0.497 e. The summed E-state index contributed by atoms with van der Waals surface area (Å²) >= 11 is 0. The minimum absolute atomic E-state index is 0.143. The van der Waals surface area contributed by atoms with Crippen LogP contribution in [-0.4, -0.2) is 36.3 Å². The second kappa shape index (κ2) is 11.6. The van der Waals surface area contributed by atoms with Gasteiger partial charge in [-0.1, -0.05) is 24.3 Å². The first-order chi connectivity index (χ1) is 19.5. The monoisotopic (exact) mass is 534 g/mol. The number of nitriles is 1. The highest BCUT2D eigenvalue weighted by Gasteiger charge is 2.21. The smallest absolute Gasteiger partial charge is 0.253 e. The molecule has 200 valence electrons. The van der Waals surface area contributed by atoms with Crippen LogP contribution in [0.2, 0.25) is 0 Å². The van der Waals surface area contributed by atoms with Crippen molar-refractivity contribution >= 4 is 12.0 Å². The second-order valence-corrected chi connectivity index (χ2v) is 8.87. The van der Waals surface area contributed by atoms with Gasteiger partial charge in [0, 0.05) is 41.3 Å². The Hall–Kier alpha value is -5.36. The SMILES string of the molecule is COc1ccc(-c2c(C#N)c(Oc3ccc4c(c3)OCO4)nc(C)c2C=CCNC(=O)c2cccnc2C)cc1. The predicted molar refractivity (Wildman–Crippen MR) is 149 cm³/mol. The number of rotatable bonds is 8. The molecule has 5 rings (SSSR count). The average molecular weight is 535 g/mol. The first-order valence-corrected chi connectivity index (χ1v) is 12.5. The molecule has 0 aliphatic carbocycles. The number of aromatic nitrogens is 2. The van der Waals surface area contributed by atoms with Gasteiger partial charge in [0.05, 0.1) is 12.7 Å². The molecular weight excluding hydrogens is 508 g/mol. The van der Waals surface area contributed by atoms with E-state index < -0.39 is 0 Å². The predicted octanol–water partition coefficient (Wildman–Crippen LogP) is 5.60. The Morgan fingerprint density at radius 2 is 1.85 bits per heavy atom. The lowest BCUT2D eigenvalue weighted by Crippen LogP contribution is -2.24. The first-order valence-electron chi connectivity index (χ1n) is 12.5. The molecule has 0 saturated carbocycles. The van der Waals surface area contributed by atoms with Gasteiger partial charge in [-0.2, -0.15) is 5.26 Å². The van der Waals surface area contributed by atoms with Crippen molar-refractivity contribution in [2.45, 2.75) is 13.8 Å². The van der Waals surface area contributed by atoms with E-state index in [9.17, 15) is 10.1 Å². The summed E-state index contributed by atoms with van der Waals surface area (Å²) in [5, 5.41) is 13.2. The number of aryl methyl sites for hydroxylation is 2. The summed E-state index contributed by atoms with van der Waals surface area (Å²) in [5.74, 6) is 2.29. The fourth-order valence-electron chi connectivity index (χ4n) is 4.33. The van der Waals surface area contributed by atoms with Crippen LogP contribution in [0.5, 0.6) is 28.9 Å². The van der Waals surface area contributed by atoms with Crippen molar-refractivity contribution in [2.75, 3.05) is 20.4 Å². The number of amides is 1. The molecule has 0 fully saturated rings. The van der Waals surface area contributed by atoms with Gasteiger partial charge < -0.3 is 24.3 Å². The lowest BCUT2D eigenvalue weighted by molar-refractivity contribution is 0.0957. The van der Waals surface area contributed by atoms with Crippen molar-refractivity contribution in [3.63, 3.8) is 0 Å². The van der Waals surface area contributed by atoms with E-state index in [1.165, 1.54) is 0 Å². The van der Waals surface area contributed by atoms with Gasteiger partial charge in [0.25, 0.3) is 5.91 Å². The van der Waals surface area contributed by atoms with E-state index in [0.717, 1.165) is 11.1 Å². The number of carbonyl (C=O) groups is 1. The molecule has 0 saturated heterocycles. The summed E-state index contributed by atoms with van der Waals surface area (Å²) in [7, 11) is 1.60. The molecular formula is C31H26N4O5. The van der Waals surface area contributed by atoms with Crippen molar-refractivity contribution in [1.82, 2.24) is 15.3 Å². The fourth-order valence-corrected chi connectivity index (χ4v) is 4.33. The molecule has 4 aromatic rings. The number of nitrogens with zero attached hydrogens (tertiary/aromatic N) is 3. The van der Waals surface area contributed by atoms with Crippen LogP contribution in [0.1, 0.15) is 32.9 Å². The number of nitrogens with one attached hydrogen (secondary N) is 1. The van der Waals surface area contributed by atoms with Gasteiger partial charge >= 0.3 is 0 Å². The zero-order valence-electron chi connectivity index (χ0n) is 22.2. The molecule has 0 spiro atoms. The molecule has 1 amide bonds. The Balaban J connectivity index is 1.49. The lowest BCUT2D eigenvalue weighted by atomic mass is 9.94. The number of hydrogen-bond donors (Lipinski definition) is 1. The highest BCUT2D eigenvalue weighted by atomic mass is 16.7. The van der Waals surface area contributed by atoms with Gasteiger partial charge in [0.1, 0.15) is 23.1 Å². The number of carbonyl (C=O) groups excluding carboxylic acids is 1. The molecule has 1 aliphatic rings. The maximum Gasteiger partial charge on any atom is 0.253 e. The average Bonchev–Trinajstić information content (AvgIpc) is 3.44. The summed E-state index contributed by atoms with van der Waals surface area (Å²) in [5.41, 5.74) is 4.25. The van der Waals surface area contributed by atoms with Gasteiger partial charge in [-0.15, -0.1) is 0 Å². The molecule has 0 unspecified atom stereocenters. The third-order valence-electron chi connectivity index (χ3n) is 6.36. The molecule has 0 bridgehead atoms. The second-order valence-electron chi connectivity index (χ2n) is 8.87. The van der Waals surface area contributed by atoms with E-state index >= 15 is 0 Å². The van der Waals surface area contributed by atoms with Crippen LogP contribution in [0.3, 0.4) is 0 Å². The third-order valence-corrected chi connectivity index (χ3v) is 6.36. The number of pyridine rings is 2. The summed E-state index contributed by atoms with van der Waals surface area (Å²) in [6.45, 7) is 4.05. The molecule has 2 aromatic heterocycles. The van der Waals surface area contributed by atoms with Crippen LogP contribution in [-0.2, 0) is 0 Å². The van der Waals surface area contributed by atoms with Crippen LogP contribution < -0.4 is 24.3 Å². The summed E-state index contributed by atoms with van der Waals surface area (Å²) in [4.78, 5) is 21.4. The zero-order chi connectivity index (χ0) is 28.1. The molecule has 40 heavy (non-hydrogen) atoms. The molecule has 9 nitrogen and oxygen atoms in total. The Bertz CT molecular complexity index is 1640. The van der Waals surface area contributed by atoms with Crippen molar-refractivity contribution in [2.24, 2.45) is 0 Å². The van der Waals surface area contributed by atoms with E-state index in [0.29, 0.717) is 45.5 Å². The highest BCUT2D eigenvalue weighted by molar-refractivity contribution is 5.95. The van der Waals surface area contributed by atoms with Gasteiger partial charge in [0.2, 0.25) is 12.7 Å². The maximum absolute atomic E-state index is 12.6. The third kappa shape index (κ3) is 5.42. The van der Waals surface area contributed by atoms with E-state index in [2.05, 4.69) is 21.4 Å². The van der Waals surface area contributed by atoms with E-state index in [1.54, 1.807) is 50.6 Å². The molecule has 0 radical (unpaired) electrons. The van der Waals surface area contributed by atoms with Crippen LogP contribution in [0, 0.1) is 25.2 Å². The lowest BCUT2D eigenvalue weighted by Gasteiger charge is -2.16. The van der Waals surface area contributed by atoms with Gasteiger partial charge in [-0.3, -0.25) is 9.78 Å². The largest absolute Gasteiger partial charge is 0.497 e. The zero-order valence-corrected chi connectivity index (χ0v) is 22.2. The topological polar surface area (TPSA) is 116 Å². The summed E-state index contributed by atoms with van der Waals surface area (Å²) < 4.78 is 22.3. The van der Waals surface area contributed by atoms with Gasteiger partial charge in [-0.25, -0.2) is 4.98 Å². The molecule has 1 N–H and O–H groups in total. The molecule has 9 heteroatoms. The van der Waals surface area contributed by atoms with Crippen molar-refractivity contribution in [1.29, 1.82) is 5.26 Å². The highest BCUT2D eigenvalue weighted by Crippen LogP contribution is 2.40. The van der Waals surface area contributed by atoms with Crippen LogP contribution in [0.15, 0.2) is 66.9 Å².